The molecule has 3 amide bonds. The van der Waals surface area contributed by atoms with E-state index >= 15 is 0 Å². The number of likely N-dealkylation sites (N-methyl/N-ethyl adjacent to an activating group) is 1. The summed E-state index contributed by atoms with van der Waals surface area (Å²) in [6.07, 6.45) is 0.877. The minimum Gasteiger partial charge on any atom is -0.469 e. The first-order valence-corrected chi connectivity index (χ1v) is 17.7. The Morgan fingerprint density at radius 3 is 2.18 bits per heavy atom. The molecule has 272 valence electrons. The number of carbonyl (C=O) groups excluding carboxylic acids is 5. The summed E-state index contributed by atoms with van der Waals surface area (Å²) in [4.78, 5) is 70.8. The Kier molecular flexibility index (Phi) is 15.9. The largest absolute Gasteiger partial charge is 0.469 e. The third-order valence-corrected chi connectivity index (χ3v) is 9.60. The molecule has 0 aliphatic carbocycles. The van der Waals surface area contributed by atoms with Crippen LogP contribution in [0.15, 0.2) is 35.7 Å². The normalized spacial score (nSPS) is 15.3. The Labute approximate surface area is 294 Å². The van der Waals surface area contributed by atoms with Crippen molar-refractivity contribution in [3.8, 4) is 0 Å². The fourth-order valence-corrected chi connectivity index (χ4v) is 6.34. The Bertz CT molecular complexity index is 1410. The molecule has 0 bridgehead atoms. The molecule has 0 unspecified atom stereocenters. The molecule has 49 heavy (non-hydrogen) atoms. The zero-order valence-corrected chi connectivity index (χ0v) is 31.4. The van der Waals surface area contributed by atoms with Gasteiger partial charge in [-0.05, 0) is 44.1 Å². The number of hydrogen-bond acceptors (Lipinski definition) is 10. The zero-order chi connectivity index (χ0) is 37.1. The highest BCUT2D eigenvalue weighted by Crippen LogP contribution is 2.31. The molecule has 2 rings (SSSR count). The van der Waals surface area contributed by atoms with Gasteiger partial charge in [-0.3, -0.25) is 24.0 Å². The summed E-state index contributed by atoms with van der Waals surface area (Å²) in [7, 11) is 3.01. The molecule has 0 aliphatic heterocycles. The maximum Gasteiger partial charge on any atom is 0.308 e. The van der Waals surface area contributed by atoms with Gasteiger partial charge in [0.2, 0.25) is 11.8 Å². The van der Waals surface area contributed by atoms with Crippen molar-refractivity contribution >= 4 is 41.0 Å². The Morgan fingerprint density at radius 2 is 1.65 bits per heavy atom. The Hall–Kier alpha value is -3.84. The minimum absolute atomic E-state index is 0.0653. The van der Waals surface area contributed by atoms with Crippen molar-refractivity contribution in [2.24, 2.45) is 23.5 Å². The molecule has 1 aromatic carbocycles. The molecule has 6 atom stereocenters. The second-order valence-corrected chi connectivity index (χ2v) is 14.6. The molecule has 1 heterocycles. The maximum atomic E-state index is 13.9. The zero-order valence-electron chi connectivity index (χ0n) is 30.6. The smallest absolute Gasteiger partial charge is 0.308 e. The lowest BCUT2D eigenvalue weighted by Crippen LogP contribution is -2.59. The summed E-state index contributed by atoms with van der Waals surface area (Å²) >= 11 is 1.18. The highest BCUT2D eigenvalue weighted by atomic mass is 32.1. The quantitative estimate of drug-likeness (QED) is 0.190. The van der Waals surface area contributed by atoms with Crippen LogP contribution in [0.2, 0.25) is 0 Å². The molecule has 0 fully saturated rings. The summed E-state index contributed by atoms with van der Waals surface area (Å²) in [5.41, 5.74) is 5.99. The van der Waals surface area contributed by atoms with Gasteiger partial charge in [0.1, 0.15) is 16.7 Å². The van der Waals surface area contributed by atoms with Gasteiger partial charge in [0.15, 0.2) is 6.10 Å². The maximum absolute atomic E-state index is 13.9. The van der Waals surface area contributed by atoms with E-state index in [1.807, 2.05) is 58.0 Å². The van der Waals surface area contributed by atoms with E-state index in [4.69, 9.17) is 15.2 Å². The van der Waals surface area contributed by atoms with Crippen LogP contribution in [-0.4, -0.2) is 77.4 Å². The van der Waals surface area contributed by atoms with E-state index in [9.17, 15) is 24.0 Å². The fraction of sp³-hybridized carbons (Fsp3) is 0.611. The lowest BCUT2D eigenvalue weighted by atomic mass is 9.92. The standard InChI is InChI=1S/C36H55N5O7S/c1-11-22(4)30(40-35(46)36(7,8)37)33(44)41(9)28(21(2)3)19-29(48-24(6)42)32-39-27(20-49-32)31(43)38-26(17-23(5)34(45)47-10)18-25-15-13-12-14-16-25/h12-16,20-23,26,28-30H,11,17-19,37H2,1-10H3,(H,38,43)(H,40,46)/t22-,23-,26+,28+,29+,30-/m0/s1. The predicted octanol–water partition coefficient (Wildman–Crippen LogP) is 4.43. The van der Waals surface area contributed by atoms with Gasteiger partial charge < -0.3 is 30.7 Å². The number of nitrogens with two attached hydrogens (primary N) is 1. The third-order valence-electron chi connectivity index (χ3n) is 8.66. The van der Waals surface area contributed by atoms with Crippen molar-refractivity contribution in [2.75, 3.05) is 14.2 Å². The summed E-state index contributed by atoms with van der Waals surface area (Å²) in [5, 5.41) is 7.88. The first-order valence-electron chi connectivity index (χ1n) is 16.8. The van der Waals surface area contributed by atoms with Crippen molar-refractivity contribution in [1.82, 2.24) is 20.5 Å². The first-order chi connectivity index (χ1) is 22.9. The predicted molar refractivity (Wildman–Crippen MR) is 189 cm³/mol. The monoisotopic (exact) mass is 701 g/mol. The molecule has 0 spiro atoms. The number of aromatic nitrogens is 1. The lowest BCUT2D eigenvalue weighted by molar-refractivity contribution is -0.149. The lowest BCUT2D eigenvalue weighted by Gasteiger charge is -2.37. The van der Waals surface area contributed by atoms with Crippen LogP contribution in [0.25, 0.3) is 0 Å². The number of thiazole rings is 1. The number of nitrogens with one attached hydrogen (secondary N) is 2. The Morgan fingerprint density at radius 1 is 1.02 bits per heavy atom. The van der Waals surface area contributed by atoms with Crippen molar-refractivity contribution in [3.05, 3.63) is 52.0 Å². The molecule has 2 aromatic rings. The van der Waals surface area contributed by atoms with Crippen LogP contribution >= 0.6 is 11.3 Å². The van der Waals surface area contributed by atoms with E-state index in [1.165, 1.54) is 25.4 Å². The average molecular weight is 702 g/mol. The molecule has 0 saturated heterocycles. The van der Waals surface area contributed by atoms with Gasteiger partial charge >= 0.3 is 11.9 Å². The molecule has 0 aliphatic rings. The third kappa shape index (κ3) is 12.5. The first kappa shape index (κ1) is 41.3. The van der Waals surface area contributed by atoms with Gasteiger partial charge in [-0.15, -0.1) is 11.3 Å². The van der Waals surface area contributed by atoms with Crippen LogP contribution in [-0.2, 0) is 35.1 Å². The van der Waals surface area contributed by atoms with Crippen LogP contribution < -0.4 is 16.4 Å². The van der Waals surface area contributed by atoms with E-state index in [-0.39, 0.29) is 41.9 Å². The molecule has 0 saturated carbocycles. The number of rotatable bonds is 18. The molecular weight excluding hydrogens is 646 g/mol. The second kappa shape index (κ2) is 18.8. The van der Waals surface area contributed by atoms with Gasteiger partial charge in [-0.2, -0.15) is 0 Å². The van der Waals surface area contributed by atoms with Crippen molar-refractivity contribution in [2.45, 2.75) is 111 Å². The van der Waals surface area contributed by atoms with Crippen LogP contribution in [0, 0.1) is 17.8 Å². The second-order valence-electron chi connectivity index (χ2n) is 13.7. The van der Waals surface area contributed by atoms with Crippen molar-refractivity contribution in [1.29, 1.82) is 0 Å². The minimum atomic E-state index is -1.17. The van der Waals surface area contributed by atoms with E-state index < -0.39 is 47.4 Å². The number of nitrogens with zero attached hydrogens (tertiary/aromatic N) is 2. The molecule has 1 aromatic heterocycles. The van der Waals surface area contributed by atoms with Gasteiger partial charge in [0, 0.05) is 37.9 Å². The molecule has 4 N–H and O–H groups in total. The van der Waals surface area contributed by atoms with Gasteiger partial charge in [0.05, 0.1) is 18.6 Å². The van der Waals surface area contributed by atoms with E-state index in [0.29, 0.717) is 24.3 Å². The number of amides is 3. The topological polar surface area (TPSA) is 170 Å². The highest BCUT2D eigenvalue weighted by Gasteiger charge is 2.37. The highest BCUT2D eigenvalue weighted by molar-refractivity contribution is 7.09. The number of hydrogen-bond donors (Lipinski definition) is 3. The van der Waals surface area contributed by atoms with Gasteiger partial charge in [0.25, 0.3) is 5.91 Å². The number of esters is 2. The van der Waals surface area contributed by atoms with Crippen molar-refractivity contribution < 1.29 is 33.4 Å². The number of methoxy groups -OCH3 is 1. The van der Waals surface area contributed by atoms with Crippen molar-refractivity contribution in [3.63, 3.8) is 0 Å². The van der Waals surface area contributed by atoms with E-state index in [2.05, 4.69) is 15.6 Å². The van der Waals surface area contributed by atoms with Gasteiger partial charge in [-0.1, -0.05) is 71.4 Å². The van der Waals surface area contributed by atoms with Crippen LogP contribution in [0.4, 0.5) is 0 Å². The summed E-state index contributed by atoms with van der Waals surface area (Å²) in [6, 6.07) is 8.05. The number of carbonyl (C=O) groups is 5. The van der Waals surface area contributed by atoms with Crippen LogP contribution in [0.1, 0.15) is 102 Å². The molecule has 13 heteroatoms. The van der Waals surface area contributed by atoms with Crippen LogP contribution in [0.5, 0.6) is 0 Å². The molecule has 0 radical (unpaired) electrons. The number of ether oxygens (including phenoxy) is 2. The van der Waals surface area contributed by atoms with E-state index in [0.717, 1.165) is 5.56 Å². The number of benzene rings is 1. The Balaban J connectivity index is 2.33. The van der Waals surface area contributed by atoms with Gasteiger partial charge in [-0.25, -0.2) is 4.98 Å². The summed E-state index contributed by atoms with van der Waals surface area (Å²) < 4.78 is 10.6. The SMILES string of the molecule is CC[C@H](C)[C@H](NC(=O)C(C)(C)N)C(=O)N(C)[C@H](C[C@@H](OC(C)=O)c1nc(C(=O)N[C@@H](Cc2ccccc2)C[C@H](C)C(=O)OC)cs1)C(C)C. The van der Waals surface area contributed by atoms with E-state index in [1.54, 1.807) is 38.1 Å². The van der Waals surface area contributed by atoms with Crippen LogP contribution in [0.3, 0.4) is 0 Å². The molecule has 12 nitrogen and oxygen atoms in total. The summed E-state index contributed by atoms with van der Waals surface area (Å²) in [6.45, 7) is 14.0. The summed E-state index contributed by atoms with van der Waals surface area (Å²) in [5.74, 6) is -2.71. The average Bonchev–Trinajstić information content (AvgIpc) is 3.54. The fourth-order valence-electron chi connectivity index (χ4n) is 5.50. The molecular formula is C36H55N5O7S.